The van der Waals surface area contributed by atoms with Crippen molar-refractivity contribution in [3.05, 3.63) is 57.8 Å². The van der Waals surface area contributed by atoms with Crippen LogP contribution in [0.25, 0.3) is 0 Å². The predicted molar refractivity (Wildman–Crippen MR) is 82.2 cm³/mol. The first-order valence-corrected chi connectivity index (χ1v) is 6.98. The summed E-state index contributed by atoms with van der Waals surface area (Å²) >= 11 is 12.1. The highest BCUT2D eigenvalue weighted by Gasteiger charge is 2.10. The summed E-state index contributed by atoms with van der Waals surface area (Å²) in [6.07, 6.45) is 0. The molecule has 0 unspecified atom stereocenters. The van der Waals surface area contributed by atoms with Crippen molar-refractivity contribution in [2.45, 2.75) is 20.4 Å². The minimum absolute atomic E-state index is 0.472. The number of benzene rings is 1. The summed E-state index contributed by atoms with van der Waals surface area (Å²) in [5.74, 6) is 0. The second kappa shape index (κ2) is 6.27. The summed E-state index contributed by atoms with van der Waals surface area (Å²) in [6, 6.07) is 11.9. The molecule has 2 rings (SSSR count). The topological polar surface area (TPSA) is 16.1 Å². The van der Waals surface area contributed by atoms with Gasteiger partial charge < -0.3 is 4.90 Å². The van der Waals surface area contributed by atoms with Crippen molar-refractivity contribution in [2.24, 2.45) is 0 Å². The number of halogens is 2. The minimum atomic E-state index is 0.472. The van der Waals surface area contributed by atoms with Crippen molar-refractivity contribution < 1.29 is 0 Å². The van der Waals surface area contributed by atoms with Gasteiger partial charge >= 0.3 is 0 Å². The van der Waals surface area contributed by atoms with Crippen molar-refractivity contribution >= 4 is 28.9 Å². The third-order valence-corrected chi connectivity index (χ3v) is 3.53. The molecule has 0 aliphatic carbocycles. The van der Waals surface area contributed by atoms with Crippen molar-refractivity contribution in [3.8, 4) is 0 Å². The summed E-state index contributed by atoms with van der Waals surface area (Å²) < 4.78 is 0. The van der Waals surface area contributed by atoms with E-state index in [9.17, 15) is 0 Å². The van der Waals surface area contributed by atoms with E-state index in [2.05, 4.69) is 48.0 Å². The molecule has 0 saturated heterocycles. The number of aromatic nitrogens is 1. The van der Waals surface area contributed by atoms with Gasteiger partial charge in [-0.25, -0.2) is 4.98 Å². The highest BCUT2D eigenvalue weighted by molar-refractivity contribution is 6.32. The van der Waals surface area contributed by atoms with E-state index in [-0.39, 0.29) is 0 Å². The van der Waals surface area contributed by atoms with Crippen LogP contribution in [0.15, 0.2) is 36.4 Å². The Morgan fingerprint density at radius 2 is 1.95 bits per heavy atom. The lowest BCUT2D eigenvalue weighted by Gasteiger charge is -2.23. The van der Waals surface area contributed by atoms with Crippen LogP contribution in [0.1, 0.15) is 18.2 Å². The minimum Gasteiger partial charge on any atom is -0.366 e. The van der Waals surface area contributed by atoms with Gasteiger partial charge in [-0.15, -0.1) is 0 Å². The molecular weight excluding hydrogens is 279 g/mol. The van der Waals surface area contributed by atoms with Gasteiger partial charge in [0.25, 0.3) is 0 Å². The normalized spacial score (nSPS) is 10.5. The zero-order valence-corrected chi connectivity index (χ0v) is 12.5. The van der Waals surface area contributed by atoms with Gasteiger partial charge in [-0.3, -0.25) is 0 Å². The van der Waals surface area contributed by atoms with Gasteiger partial charge in [0.1, 0.15) is 5.15 Å². The molecule has 0 bridgehead atoms. The van der Waals surface area contributed by atoms with E-state index in [0.29, 0.717) is 16.7 Å². The number of aryl methyl sites for hydroxylation is 1. The van der Waals surface area contributed by atoms with Gasteiger partial charge in [0.05, 0.1) is 17.3 Å². The number of hydrogen-bond donors (Lipinski definition) is 0. The fourth-order valence-electron chi connectivity index (χ4n) is 1.96. The first kappa shape index (κ1) is 14.2. The van der Waals surface area contributed by atoms with E-state index in [1.54, 1.807) is 12.1 Å². The third kappa shape index (κ3) is 3.62. The molecule has 0 atom stereocenters. The molecule has 0 N–H and O–H groups in total. The molecule has 0 aliphatic rings. The summed E-state index contributed by atoms with van der Waals surface area (Å²) in [6.45, 7) is 5.73. The van der Waals surface area contributed by atoms with E-state index < -0.39 is 0 Å². The average Bonchev–Trinajstić information content (AvgIpc) is 2.39. The van der Waals surface area contributed by atoms with E-state index in [1.807, 2.05) is 0 Å². The van der Waals surface area contributed by atoms with Gasteiger partial charge in [0.2, 0.25) is 0 Å². The molecule has 1 heterocycles. The van der Waals surface area contributed by atoms with Crippen molar-refractivity contribution in [1.29, 1.82) is 0 Å². The van der Waals surface area contributed by atoms with Crippen LogP contribution in [0, 0.1) is 6.92 Å². The Hall–Kier alpha value is -1.25. The molecule has 1 aromatic heterocycles. The van der Waals surface area contributed by atoms with Crippen LogP contribution in [-0.2, 0) is 6.54 Å². The van der Waals surface area contributed by atoms with E-state index in [0.717, 1.165) is 12.2 Å². The summed E-state index contributed by atoms with van der Waals surface area (Å²) in [5, 5.41) is 1.12. The Morgan fingerprint density at radius 3 is 2.63 bits per heavy atom. The van der Waals surface area contributed by atoms with Gasteiger partial charge in [0.15, 0.2) is 0 Å². The van der Waals surface area contributed by atoms with Crippen molar-refractivity contribution in [1.82, 2.24) is 4.98 Å². The third-order valence-electron chi connectivity index (χ3n) is 2.97. The van der Waals surface area contributed by atoms with Gasteiger partial charge in [-0.05, 0) is 43.7 Å². The largest absolute Gasteiger partial charge is 0.366 e. The second-order valence-corrected chi connectivity index (χ2v) is 5.21. The molecule has 0 spiro atoms. The molecule has 0 saturated carbocycles. The molecule has 0 radical (unpaired) electrons. The molecule has 0 fully saturated rings. The lowest BCUT2D eigenvalue weighted by molar-refractivity contribution is 0.809. The van der Waals surface area contributed by atoms with Gasteiger partial charge in [-0.2, -0.15) is 0 Å². The fraction of sp³-hybridized carbons (Fsp3) is 0.267. The zero-order valence-electron chi connectivity index (χ0n) is 11.0. The Kier molecular flexibility index (Phi) is 4.67. The molecule has 0 aliphatic heterocycles. The monoisotopic (exact) mass is 294 g/mol. The number of hydrogen-bond acceptors (Lipinski definition) is 2. The fourth-order valence-corrected chi connectivity index (χ4v) is 2.29. The van der Waals surface area contributed by atoms with Crippen LogP contribution in [0.4, 0.5) is 5.69 Å². The van der Waals surface area contributed by atoms with Gasteiger partial charge in [0, 0.05) is 12.2 Å². The Morgan fingerprint density at radius 1 is 1.16 bits per heavy atom. The standard InChI is InChI=1S/C15H16Cl2N2/c1-3-19(12-6-4-5-11(2)9-12)10-14-13(16)7-8-15(17)18-14/h4-9H,3,10H2,1-2H3. The average molecular weight is 295 g/mol. The molecule has 2 nitrogen and oxygen atoms in total. The SMILES string of the molecule is CCN(Cc1nc(Cl)ccc1Cl)c1cccc(C)c1. The van der Waals surface area contributed by atoms with Crippen molar-refractivity contribution in [2.75, 3.05) is 11.4 Å². The number of pyridine rings is 1. The molecule has 4 heteroatoms. The second-order valence-electron chi connectivity index (χ2n) is 4.42. The van der Waals surface area contributed by atoms with Crippen LogP contribution >= 0.6 is 23.2 Å². The maximum absolute atomic E-state index is 6.17. The highest BCUT2D eigenvalue weighted by atomic mass is 35.5. The number of nitrogens with zero attached hydrogens (tertiary/aromatic N) is 2. The molecule has 1 aromatic carbocycles. The lowest BCUT2D eigenvalue weighted by Crippen LogP contribution is -2.22. The maximum atomic E-state index is 6.17. The predicted octanol–water partition coefficient (Wildman–Crippen LogP) is 4.72. The summed E-state index contributed by atoms with van der Waals surface area (Å²) in [4.78, 5) is 6.52. The molecule has 100 valence electrons. The molecule has 2 aromatic rings. The van der Waals surface area contributed by atoms with Crippen molar-refractivity contribution in [3.63, 3.8) is 0 Å². The Labute approximate surface area is 124 Å². The molecule has 0 amide bonds. The number of anilines is 1. The van der Waals surface area contributed by atoms with Crippen LogP contribution in [0.5, 0.6) is 0 Å². The first-order valence-electron chi connectivity index (χ1n) is 6.22. The summed E-state index contributed by atoms with van der Waals surface area (Å²) in [7, 11) is 0. The zero-order chi connectivity index (χ0) is 13.8. The van der Waals surface area contributed by atoms with Crippen LogP contribution < -0.4 is 4.90 Å². The smallest absolute Gasteiger partial charge is 0.129 e. The Balaban J connectivity index is 2.26. The molecule has 19 heavy (non-hydrogen) atoms. The van der Waals surface area contributed by atoms with E-state index >= 15 is 0 Å². The van der Waals surface area contributed by atoms with E-state index in [1.165, 1.54) is 11.3 Å². The lowest BCUT2D eigenvalue weighted by atomic mass is 10.2. The number of rotatable bonds is 4. The quantitative estimate of drug-likeness (QED) is 0.758. The summed E-state index contributed by atoms with van der Waals surface area (Å²) in [5.41, 5.74) is 3.21. The van der Waals surface area contributed by atoms with Crippen LogP contribution in [-0.4, -0.2) is 11.5 Å². The first-order chi connectivity index (χ1) is 9.10. The van der Waals surface area contributed by atoms with Gasteiger partial charge in [-0.1, -0.05) is 35.3 Å². The highest BCUT2D eigenvalue weighted by Crippen LogP contribution is 2.22. The molecular formula is C15H16Cl2N2. The van der Waals surface area contributed by atoms with E-state index in [4.69, 9.17) is 23.2 Å². The Bertz CT molecular complexity index is 570. The van der Waals surface area contributed by atoms with Crippen LogP contribution in [0.2, 0.25) is 10.2 Å². The van der Waals surface area contributed by atoms with Crippen LogP contribution in [0.3, 0.4) is 0 Å². The maximum Gasteiger partial charge on any atom is 0.129 e.